The molecule has 5 rings (SSSR count). The van der Waals surface area contributed by atoms with Gasteiger partial charge in [0.1, 0.15) is 12.4 Å². The quantitative estimate of drug-likeness (QED) is 0.596. The van der Waals surface area contributed by atoms with E-state index in [4.69, 9.17) is 14.2 Å². The van der Waals surface area contributed by atoms with Crippen LogP contribution in [0.2, 0.25) is 0 Å². The topological polar surface area (TPSA) is 80.7 Å². The van der Waals surface area contributed by atoms with Gasteiger partial charge in [-0.05, 0) is 36.6 Å². The second-order valence-electron chi connectivity index (χ2n) is 8.62. The van der Waals surface area contributed by atoms with Crippen LogP contribution in [0.1, 0.15) is 36.4 Å². The molecule has 0 bridgehead atoms. The molecule has 2 aromatic rings. The third kappa shape index (κ3) is 4.48. The molecular weight excluding hydrogens is 441 g/mol. The first-order valence-corrected chi connectivity index (χ1v) is 11.4. The van der Waals surface area contributed by atoms with Crippen LogP contribution in [-0.2, 0) is 14.3 Å². The smallest absolute Gasteiger partial charge is 0.262 e. The number of hydrazone groups is 1. The van der Waals surface area contributed by atoms with E-state index in [1.807, 2.05) is 12.1 Å². The summed E-state index contributed by atoms with van der Waals surface area (Å²) in [7, 11) is 1.56. The number of hydrogen-bond acceptors (Lipinski definition) is 6. The van der Waals surface area contributed by atoms with Gasteiger partial charge in [0.05, 0.1) is 18.4 Å². The molecule has 0 N–H and O–H groups in total. The highest BCUT2D eigenvalue weighted by atomic mass is 19.1. The van der Waals surface area contributed by atoms with Crippen molar-refractivity contribution in [3.05, 3.63) is 59.4 Å². The van der Waals surface area contributed by atoms with Crippen LogP contribution in [-0.4, -0.2) is 61.0 Å². The molecule has 34 heavy (non-hydrogen) atoms. The van der Waals surface area contributed by atoms with E-state index in [9.17, 15) is 14.0 Å². The molecule has 1 saturated carbocycles. The van der Waals surface area contributed by atoms with Crippen molar-refractivity contribution in [2.75, 3.05) is 33.6 Å². The molecule has 2 aliphatic heterocycles. The maximum Gasteiger partial charge on any atom is 0.262 e. The van der Waals surface area contributed by atoms with E-state index < -0.39 is 11.9 Å². The summed E-state index contributed by atoms with van der Waals surface area (Å²) < 4.78 is 30.6. The van der Waals surface area contributed by atoms with Crippen molar-refractivity contribution in [2.24, 2.45) is 11.0 Å². The SMILES string of the molecule is COCCN(CC(=O)N1N=C(c2ccccc2F)C[C@@H]1c1ccc2c(c1)OCO2)C(=O)C1CC1. The van der Waals surface area contributed by atoms with Gasteiger partial charge in [-0.2, -0.15) is 5.10 Å². The van der Waals surface area contributed by atoms with Crippen molar-refractivity contribution >= 4 is 17.5 Å². The van der Waals surface area contributed by atoms with Crippen LogP contribution in [0.15, 0.2) is 47.6 Å². The lowest BCUT2D eigenvalue weighted by atomic mass is 9.97. The lowest BCUT2D eigenvalue weighted by Crippen LogP contribution is -2.43. The Hall–Kier alpha value is -3.46. The number of rotatable bonds is 8. The Labute approximate surface area is 196 Å². The number of ether oxygens (including phenoxy) is 3. The summed E-state index contributed by atoms with van der Waals surface area (Å²) in [6.07, 6.45) is 2.02. The molecule has 0 radical (unpaired) electrons. The van der Waals surface area contributed by atoms with Gasteiger partial charge in [-0.1, -0.05) is 24.3 Å². The fourth-order valence-corrected chi connectivity index (χ4v) is 4.27. The van der Waals surface area contributed by atoms with Gasteiger partial charge < -0.3 is 19.1 Å². The van der Waals surface area contributed by atoms with Gasteiger partial charge in [-0.3, -0.25) is 9.59 Å². The third-order valence-electron chi connectivity index (χ3n) is 6.26. The minimum atomic E-state index is -0.461. The van der Waals surface area contributed by atoms with Gasteiger partial charge in [0.25, 0.3) is 5.91 Å². The molecule has 178 valence electrons. The van der Waals surface area contributed by atoms with Gasteiger partial charge in [0, 0.05) is 31.6 Å². The molecule has 9 heteroatoms. The Kier molecular flexibility index (Phi) is 6.19. The zero-order valence-electron chi connectivity index (χ0n) is 18.9. The van der Waals surface area contributed by atoms with Crippen molar-refractivity contribution in [1.29, 1.82) is 0 Å². The number of fused-ring (bicyclic) bond motifs is 1. The van der Waals surface area contributed by atoms with Crippen LogP contribution < -0.4 is 9.47 Å². The molecule has 1 atom stereocenters. The standard InChI is InChI=1S/C25H26FN3O5/c1-32-11-10-28(25(31)16-6-7-16)14-24(30)29-21(17-8-9-22-23(12-17)34-15-33-22)13-20(27-29)18-4-2-3-5-19(18)26/h2-5,8-9,12,16,21H,6-7,10-11,13-15H2,1H3/t21-/m1/s1. The van der Waals surface area contributed by atoms with E-state index in [2.05, 4.69) is 5.10 Å². The molecule has 0 unspecified atom stereocenters. The van der Waals surface area contributed by atoms with Crippen LogP contribution >= 0.6 is 0 Å². The second kappa shape index (κ2) is 9.42. The van der Waals surface area contributed by atoms with Gasteiger partial charge in [0.2, 0.25) is 12.7 Å². The number of amides is 2. The first kappa shape index (κ1) is 22.3. The highest BCUT2D eigenvalue weighted by molar-refractivity contribution is 6.03. The molecule has 2 aromatic carbocycles. The van der Waals surface area contributed by atoms with Crippen LogP contribution in [0.3, 0.4) is 0 Å². The highest BCUT2D eigenvalue weighted by Gasteiger charge is 2.38. The number of carbonyl (C=O) groups excluding carboxylic acids is 2. The molecule has 1 aliphatic carbocycles. The average molecular weight is 467 g/mol. The molecule has 2 heterocycles. The molecule has 8 nitrogen and oxygen atoms in total. The zero-order chi connectivity index (χ0) is 23.7. The summed E-state index contributed by atoms with van der Waals surface area (Å²) in [5, 5.41) is 5.92. The summed E-state index contributed by atoms with van der Waals surface area (Å²) in [6, 6.07) is 11.4. The lowest BCUT2D eigenvalue weighted by Gasteiger charge is -2.27. The van der Waals surface area contributed by atoms with Gasteiger partial charge in [-0.25, -0.2) is 9.40 Å². The van der Waals surface area contributed by atoms with E-state index in [0.29, 0.717) is 42.3 Å². The first-order valence-electron chi connectivity index (χ1n) is 11.4. The maximum absolute atomic E-state index is 14.5. The molecule has 2 amide bonds. The summed E-state index contributed by atoms with van der Waals surface area (Å²) in [5.41, 5.74) is 1.63. The van der Waals surface area contributed by atoms with Gasteiger partial charge in [-0.15, -0.1) is 0 Å². The fraction of sp³-hybridized carbons (Fsp3) is 0.400. The number of nitrogens with zero attached hydrogens (tertiary/aromatic N) is 3. The van der Waals surface area contributed by atoms with Crippen molar-refractivity contribution in [3.8, 4) is 11.5 Å². The summed E-state index contributed by atoms with van der Waals surface area (Å²) >= 11 is 0. The van der Waals surface area contributed by atoms with E-state index in [1.165, 1.54) is 16.0 Å². The average Bonchev–Trinajstić information content (AvgIpc) is 3.42. The Morgan fingerprint density at radius 3 is 2.74 bits per heavy atom. The number of methoxy groups -OCH3 is 1. The molecule has 3 aliphatic rings. The predicted molar refractivity (Wildman–Crippen MR) is 121 cm³/mol. The van der Waals surface area contributed by atoms with Gasteiger partial charge >= 0.3 is 0 Å². The zero-order valence-corrected chi connectivity index (χ0v) is 18.9. The van der Waals surface area contributed by atoms with Crippen LogP contribution in [0, 0.1) is 11.7 Å². The number of carbonyl (C=O) groups is 2. The first-order chi connectivity index (χ1) is 16.5. The number of hydrogen-bond donors (Lipinski definition) is 0. The second-order valence-corrected chi connectivity index (χ2v) is 8.62. The Morgan fingerprint density at radius 2 is 1.97 bits per heavy atom. The number of benzene rings is 2. The maximum atomic E-state index is 14.5. The summed E-state index contributed by atoms with van der Waals surface area (Å²) in [4.78, 5) is 27.8. The molecule has 0 saturated heterocycles. The van der Waals surface area contributed by atoms with Crippen LogP contribution in [0.25, 0.3) is 0 Å². The highest BCUT2D eigenvalue weighted by Crippen LogP contribution is 2.39. The number of halogens is 1. The molecule has 0 aromatic heterocycles. The van der Waals surface area contributed by atoms with Crippen molar-refractivity contribution in [2.45, 2.75) is 25.3 Å². The predicted octanol–water partition coefficient (Wildman–Crippen LogP) is 3.12. The van der Waals surface area contributed by atoms with Gasteiger partial charge in [0.15, 0.2) is 11.5 Å². The monoisotopic (exact) mass is 467 g/mol. The molecule has 1 fully saturated rings. The largest absolute Gasteiger partial charge is 0.454 e. The fourth-order valence-electron chi connectivity index (χ4n) is 4.27. The van der Waals surface area contributed by atoms with E-state index in [1.54, 1.807) is 31.4 Å². The Bertz CT molecular complexity index is 1130. The summed E-state index contributed by atoms with van der Waals surface area (Å²) in [6.45, 7) is 0.680. The van der Waals surface area contributed by atoms with Crippen LogP contribution in [0.4, 0.5) is 4.39 Å². The minimum absolute atomic E-state index is 0.0228. The normalized spacial score (nSPS) is 18.7. The Morgan fingerprint density at radius 1 is 1.18 bits per heavy atom. The molecule has 0 spiro atoms. The van der Waals surface area contributed by atoms with E-state index in [-0.39, 0.29) is 31.1 Å². The van der Waals surface area contributed by atoms with Crippen molar-refractivity contribution in [3.63, 3.8) is 0 Å². The Balaban J connectivity index is 1.44. The summed E-state index contributed by atoms with van der Waals surface area (Å²) in [5.74, 6) is 0.433. The van der Waals surface area contributed by atoms with E-state index in [0.717, 1.165) is 18.4 Å². The lowest BCUT2D eigenvalue weighted by molar-refractivity contribution is -0.142. The molecular formula is C25H26FN3O5. The van der Waals surface area contributed by atoms with Crippen molar-refractivity contribution in [1.82, 2.24) is 9.91 Å². The third-order valence-corrected chi connectivity index (χ3v) is 6.26. The minimum Gasteiger partial charge on any atom is -0.454 e. The van der Waals surface area contributed by atoms with Crippen LogP contribution in [0.5, 0.6) is 11.5 Å². The van der Waals surface area contributed by atoms with Crippen molar-refractivity contribution < 1.29 is 28.2 Å². The van der Waals surface area contributed by atoms with E-state index >= 15 is 0 Å².